The molecular weight excluding hydrogens is 148 g/mol. The predicted octanol–water partition coefficient (Wildman–Crippen LogP) is 2.83. The van der Waals surface area contributed by atoms with Gasteiger partial charge in [-0.15, -0.1) is 4.98 Å². The summed E-state index contributed by atoms with van der Waals surface area (Å²) in [6.07, 6.45) is 0.948. The highest BCUT2D eigenvalue weighted by Gasteiger charge is 2.02. The van der Waals surface area contributed by atoms with E-state index in [4.69, 9.17) is 6.57 Å². The maximum atomic E-state index is 6.79. The first-order valence-corrected chi connectivity index (χ1v) is 4.05. The van der Waals surface area contributed by atoms with E-state index >= 15 is 0 Å². The summed E-state index contributed by atoms with van der Waals surface area (Å²) in [7, 11) is 0. The van der Waals surface area contributed by atoms with E-state index in [2.05, 4.69) is 23.7 Å². The van der Waals surface area contributed by atoms with Gasteiger partial charge in [-0.25, -0.2) is 0 Å². The van der Waals surface area contributed by atoms with Gasteiger partial charge in [-0.2, -0.15) is 0 Å². The Balaban J connectivity index is 2.81. The van der Waals surface area contributed by atoms with E-state index < -0.39 is 0 Å². The fourth-order valence-electron chi connectivity index (χ4n) is 1.06. The molecule has 1 aromatic rings. The van der Waals surface area contributed by atoms with Crippen molar-refractivity contribution in [1.29, 1.82) is 0 Å². The van der Waals surface area contributed by atoms with E-state index in [1.807, 2.05) is 12.1 Å². The van der Waals surface area contributed by atoms with Crippen LogP contribution >= 0.6 is 0 Å². The maximum Gasteiger partial charge on any atom is 0.269 e. The summed E-state index contributed by atoms with van der Waals surface area (Å²) in [5.41, 5.74) is 1.01. The predicted molar refractivity (Wildman–Crippen MR) is 49.0 cm³/mol. The van der Waals surface area contributed by atoms with Crippen molar-refractivity contribution in [3.05, 3.63) is 35.3 Å². The van der Waals surface area contributed by atoms with Crippen LogP contribution in [0.5, 0.6) is 0 Å². The van der Waals surface area contributed by atoms with Gasteiger partial charge in [0.05, 0.1) is 0 Å². The van der Waals surface area contributed by atoms with E-state index in [1.54, 1.807) is 6.07 Å². The zero-order valence-corrected chi connectivity index (χ0v) is 7.41. The van der Waals surface area contributed by atoms with E-state index in [9.17, 15) is 0 Å². The lowest BCUT2D eigenvalue weighted by Crippen LogP contribution is -1.95. The lowest BCUT2D eigenvalue weighted by molar-refractivity contribution is 0.636. The van der Waals surface area contributed by atoms with Gasteiger partial charge in [0.1, 0.15) is 5.69 Å². The van der Waals surface area contributed by atoms with Gasteiger partial charge in [-0.1, -0.05) is 26.5 Å². The molecule has 62 valence electrons. The molecule has 1 aromatic heterocycles. The molecule has 2 nitrogen and oxygen atoms in total. The second-order valence-electron chi connectivity index (χ2n) is 3.20. The van der Waals surface area contributed by atoms with Crippen molar-refractivity contribution in [3.63, 3.8) is 0 Å². The molecule has 0 aliphatic rings. The molecule has 12 heavy (non-hydrogen) atoms. The van der Waals surface area contributed by atoms with Crippen molar-refractivity contribution >= 4 is 5.82 Å². The monoisotopic (exact) mass is 160 g/mol. The first-order chi connectivity index (χ1) is 5.72. The van der Waals surface area contributed by atoms with Crippen LogP contribution in [0, 0.1) is 12.5 Å². The molecule has 0 unspecified atom stereocenters. The van der Waals surface area contributed by atoms with Gasteiger partial charge in [0.2, 0.25) is 0 Å². The van der Waals surface area contributed by atoms with Crippen LogP contribution in [0.4, 0.5) is 5.82 Å². The number of hydrogen-bond acceptors (Lipinski definition) is 1. The number of pyridine rings is 1. The van der Waals surface area contributed by atoms with Gasteiger partial charge in [0, 0.05) is 6.42 Å². The SMILES string of the molecule is [C-]#[N+]c1cccc(CC(C)C)n1. The van der Waals surface area contributed by atoms with Crippen molar-refractivity contribution in [2.24, 2.45) is 5.92 Å². The van der Waals surface area contributed by atoms with Crippen molar-refractivity contribution in [1.82, 2.24) is 4.98 Å². The van der Waals surface area contributed by atoms with Gasteiger partial charge < -0.3 is 4.85 Å². The lowest BCUT2D eigenvalue weighted by atomic mass is 10.1. The Morgan fingerprint density at radius 1 is 1.50 bits per heavy atom. The number of aromatic nitrogens is 1. The van der Waals surface area contributed by atoms with Gasteiger partial charge in [0.25, 0.3) is 5.82 Å². The first-order valence-electron chi connectivity index (χ1n) is 4.05. The number of nitrogens with zero attached hydrogens (tertiary/aromatic N) is 2. The Kier molecular flexibility index (Phi) is 2.82. The molecule has 0 radical (unpaired) electrons. The Hall–Kier alpha value is -1.36. The third-order valence-corrected chi connectivity index (χ3v) is 1.52. The summed E-state index contributed by atoms with van der Waals surface area (Å²) in [4.78, 5) is 7.45. The van der Waals surface area contributed by atoms with Crippen LogP contribution in [0.2, 0.25) is 0 Å². The summed E-state index contributed by atoms with van der Waals surface area (Å²) in [6.45, 7) is 11.1. The Morgan fingerprint density at radius 2 is 2.25 bits per heavy atom. The van der Waals surface area contributed by atoms with Crippen LogP contribution in [-0.2, 0) is 6.42 Å². The Morgan fingerprint density at radius 3 is 2.83 bits per heavy atom. The zero-order valence-electron chi connectivity index (χ0n) is 7.41. The molecule has 0 amide bonds. The third-order valence-electron chi connectivity index (χ3n) is 1.52. The highest BCUT2D eigenvalue weighted by Crippen LogP contribution is 2.11. The van der Waals surface area contributed by atoms with Crippen LogP contribution < -0.4 is 0 Å². The van der Waals surface area contributed by atoms with Crippen LogP contribution in [0.1, 0.15) is 19.5 Å². The Bertz CT molecular complexity index is 297. The molecule has 0 aliphatic heterocycles. The average Bonchev–Trinajstić information content (AvgIpc) is 2.03. The van der Waals surface area contributed by atoms with E-state index in [1.165, 1.54) is 0 Å². The summed E-state index contributed by atoms with van der Waals surface area (Å²) < 4.78 is 0. The smallest absolute Gasteiger partial charge is 0.269 e. The van der Waals surface area contributed by atoms with Crippen LogP contribution in [0.25, 0.3) is 4.85 Å². The lowest BCUT2D eigenvalue weighted by Gasteiger charge is -1.99. The van der Waals surface area contributed by atoms with Gasteiger partial charge >= 0.3 is 0 Å². The minimum Gasteiger partial charge on any atom is -0.361 e. The largest absolute Gasteiger partial charge is 0.361 e. The standard InChI is InChI=1S/C10H12N2/c1-8(2)7-9-5-4-6-10(11-3)12-9/h4-6,8H,7H2,1-2H3. The Labute approximate surface area is 73.1 Å². The molecule has 0 bridgehead atoms. The van der Waals surface area contributed by atoms with Crippen molar-refractivity contribution in [2.45, 2.75) is 20.3 Å². The quantitative estimate of drug-likeness (QED) is 0.608. The van der Waals surface area contributed by atoms with Crippen LogP contribution in [-0.4, -0.2) is 4.98 Å². The molecule has 0 N–H and O–H groups in total. The molecule has 0 spiro atoms. The van der Waals surface area contributed by atoms with Crippen LogP contribution in [0.3, 0.4) is 0 Å². The second kappa shape index (κ2) is 3.87. The van der Waals surface area contributed by atoms with Crippen LogP contribution in [0.15, 0.2) is 18.2 Å². The highest BCUT2D eigenvalue weighted by molar-refractivity contribution is 5.35. The topological polar surface area (TPSA) is 17.2 Å². The second-order valence-corrected chi connectivity index (χ2v) is 3.20. The molecule has 2 heteroatoms. The normalized spacial score (nSPS) is 9.83. The minimum absolute atomic E-state index is 0.494. The molecule has 0 saturated carbocycles. The molecular formula is C10H12N2. The fraction of sp³-hybridized carbons (Fsp3) is 0.400. The van der Waals surface area contributed by atoms with Crippen molar-refractivity contribution in [3.8, 4) is 0 Å². The maximum absolute atomic E-state index is 6.79. The molecule has 0 fully saturated rings. The summed E-state index contributed by atoms with van der Waals surface area (Å²) in [6, 6.07) is 5.59. The summed E-state index contributed by atoms with van der Waals surface area (Å²) >= 11 is 0. The molecule has 0 aliphatic carbocycles. The first kappa shape index (κ1) is 8.73. The number of rotatable bonds is 2. The highest BCUT2D eigenvalue weighted by atomic mass is 14.9. The zero-order chi connectivity index (χ0) is 8.97. The third kappa shape index (κ3) is 2.35. The summed E-state index contributed by atoms with van der Waals surface area (Å²) in [5, 5.41) is 0. The van der Waals surface area contributed by atoms with E-state index in [0.717, 1.165) is 12.1 Å². The minimum atomic E-state index is 0.494. The van der Waals surface area contributed by atoms with Gasteiger partial charge in [-0.3, -0.25) is 0 Å². The molecule has 1 rings (SSSR count). The molecule has 1 heterocycles. The molecule has 0 saturated heterocycles. The van der Waals surface area contributed by atoms with E-state index in [0.29, 0.717) is 11.7 Å². The fourth-order valence-corrected chi connectivity index (χ4v) is 1.06. The number of hydrogen-bond donors (Lipinski definition) is 0. The van der Waals surface area contributed by atoms with Gasteiger partial charge in [-0.05, 0) is 18.1 Å². The van der Waals surface area contributed by atoms with E-state index in [-0.39, 0.29) is 0 Å². The van der Waals surface area contributed by atoms with Gasteiger partial charge in [0.15, 0.2) is 0 Å². The molecule has 0 atom stereocenters. The van der Waals surface area contributed by atoms with Crippen molar-refractivity contribution in [2.75, 3.05) is 0 Å². The average molecular weight is 160 g/mol. The summed E-state index contributed by atoms with van der Waals surface area (Å²) in [5.74, 6) is 1.09. The van der Waals surface area contributed by atoms with Crippen molar-refractivity contribution < 1.29 is 0 Å². The molecule has 0 aromatic carbocycles.